The van der Waals surface area contributed by atoms with E-state index in [2.05, 4.69) is 10.3 Å². The van der Waals surface area contributed by atoms with Crippen LogP contribution < -0.4 is 14.8 Å². The number of nitrogens with zero attached hydrogens (tertiary/aromatic N) is 2. The van der Waals surface area contributed by atoms with Crippen LogP contribution in [0.25, 0.3) is 0 Å². The molecule has 2 aromatic carbocycles. The Morgan fingerprint density at radius 2 is 2.05 bits per heavy atom. The van der Waals surface area contributed by atoms with Gasteiger partial charge in [-0.15, -0.1) is 0 Å². The number of nitrogens with one attached hydrogen (secondary N) is 1. The molecule has 0 aliphatic carbocycles. The van der Waals surface area contributed by atoms with Gasteiger partial charge in [0.1, 0.15) is 17.2 Å². The van der Waals surface area contributed by atoms with E-state index >= 15 is 0 Å². The number of carbonyl (C=O) groups is 2. The minimum Gasteiger partial charge on any atom is -0.494 e. The van der Waals surface area contributed by atoms with Gasteiger partial charge in [0.25, 0.3) is 5.91 Å². The Bertz CT molecular complexity index is 1280. The van der Waals surface area contributed by atoms with Crippen molar-refractivity contribution in [1.29, 1.82) is 0 Å². The second kappa shape index (κ2) is 11.4. The molecule has 4 heterocycles. The molecule has 3 aliphatic rings. The molecule has 8 nitrogen and oxygen atoms in total. The summed E-state index contributed by atoms with van der Waals surface area (Å²) in [4.78, 5) is 32.0. The van der Waals surface area contributed by atoms with E-state index < -0.39 is 0 Å². The van der Waals surface area contributed by atoms with E-state index in [4.69, 9.17) is 14.2 Å². The summed E-state index contributed by atoms with van der Waals surface area (Å²) in [6.07, 6.45) is 4.81. The lowest BCUT2D eigenvalue weighted by Crippen LogP contribution is -2.41. The maximum atomic E-state index is 13.3. The summed E-state index contributed by atoms with van der Waals surface area (Å²) in [7, 11) is 0. The standard InChI is InChI=1S/C29H31N3O5/c1-2-35-14-10-27(33)32-12-9-20-15-24-7-8-26(20)28(32)21-5-3-6-23(16-21)36-13-4-11-31-29(34)22-17-25(37-24)19-30-18-22/h3,5-8,15-19,28H,2,4,9-14H2,1H3,(H,31,34). The Labute approximate surface area is 216 Å². The van der Waals surface area contributed by atoms with Crippen LogP contribution in [0.2, 0.25) is 0 Å². The smallest absolute Gasteiger partial charge is 0.252 e. The third-order valence-electron chi connectivity index (χ3n) is 6.59. The highest BCUT2D eigenvalue weighted by Crippen LogP contribution is 2.39. The second-order valence-electron chi connectivity index (χ2n) is 9.09. The van der Waals surface area contributed by atoms with Gasteiger partial charge in [0.15, 0.2) is 0 Å². The van der Waals surface area contributed by atoms with Gasteiger partial charge in [-0.1, -0.05) is 18.2 Å². The van der Waals surface area contributed by atoms with Crippen LogP contribution in [0, 0.1) is 0 Å². The number of ether oxygens (including phenoxy) is 3. The first-order chi connectivity index (χ1) is 18.1. The fraction of sp³-hybridized carbons (Fsp3) is 0.345. The molecule has 8 heteroatoms. The van der Waals surface area contributed by atoms with E-state index in [1.165, 1.54) is 6.20 Å². The van der Waals surface area contributed by atoms with E-state index in [1.807, 2.05) is 54.3 Å². The van der Waals surface area contributed by atoms with Gasteiger partial charge < -0.3 is 24.4 Å². The molecule has 2 amide bonds. The Morgan fingerprint density at radius 1 is 1.14 bits per heavy atom. The van der Waals surface area contributed by atoms with Gasteiger partial charge >= 0.3 is 0 Å². The molecule has 192 valence electrons. The highest BCUT2D eigenvalue weighted by molar-refractivity contribution is 5.94. The molecule has 1 unspecified atom stereocenters. The SMILES string of the molecule is CCOCCC(=O)N1CCc2cc3ccc2C1c1cccc(c1)OCCCNC(=O)c1cncc(c1)O3. The summed E-state index contributed by atoms with van der Waals surface area (Å²) >= 11 is 0. The van der Waals surface area contributed by atoms with Gasteiger partial charge in [-0.3, -0.25) is 14.6 Å². The zero-order valence-electron chi connectivity index (χ0n) is 20.9. The van der Waals surface area contributed by atoms with Crippen molar-refractivity contribution in [3.63, 3.8) is 0 Å². The lowest BCUT2D eigenvalue weighted by Gasteiger charge is -2.38. The van der Waals surface area contributed by atoms with Gasteiger partial charge in [0, 0.05) is 25.9 Å². The van der Waals surface area contributed by atoms with Crippen LogP contribution in [0.15, 0.2) is 60.9 Å². The number of benzene rings is 2. The fourth-order valence-electron chi connectivity index (χ4n) is 4.82. The van der Waals surface area contributed by atoms with E-state index in [9.17, 15) is 9.59 Å². The lowest BCUT2D eigenvalue weighted by molar-refractivity contribution is -0.134. The summed E-state index contributed by atoms with van der Waals surface area (Å²) in [6, 6.07) is 15.3. The van der Waals surface area contributed by atoms with Crippen LogP contribution in [0.4, 0.5) is 0 Å². The molecule has 0 saturated carbocycles. The maximum absolute atomic E-state index is 13.3. The minimum atomic E-state index is -0.237. The normalized spacial score (nSPS) is 17.2. The van der Waals surface area contributed by atoms with Gasteiger partial charge in [0.05, 0.1) is 37.4 Å². The summed E-state index contributed by atoms with van der Waals surface area (Å²) < 4.78 is 17.6. The molecule has 3 aromatic rings. The molecule has 8 bridgehead atoms. The topological polar surface area (TPSA) is 90.0 Å². The molecule has 1 atom stereocenters. The molecule has 0 saturated heterocycles. The van der Waals surface area contributed by atoms with Crippen molar-refractivity contribution < 1.29 is 23.8 Å². The number of rotatable bonds is 4. The van der Waals surface area contributed by atoms with Crippen molar-refractivity contribution >= 4 is 11.8 Å². The van der Waals surface area contributed by atoms with Crippen LogP contribution in [0.3, 0.4) is 0 Å². The van der Waals surface area contributed by atoms with E-state index in [0.717, 1.165) is 22.4 Å². The van der Waals surface area contributed by atoms with Crippen LogP contribution in [-0.4, -0.2) is 54.6 Å². The minimum absolute atomic E-state index is 0.0662. The number of carbonyl (C=O) groups excluding carboxylic acids is 2. The van der Waals surface area contributed by atoms with Gasteiger partial charge in [0.2, 0.25) is 5.91 Å². The molecule has 0 spiro atoms. The molecule has 6 rings (SSSR count). The second-order valence-corrected chi connectivity index (χ2v) is 9.09. The lowest BCUT2D eigenvalue weighted by atomic mass is 9.87. The Hall–Kier alpha value is -3.91. The number of amides is 2. The van der Waals surface area contributed by atoms with Crippen LogP contribution in [-0.2, 0) is 16.0 Å². The van der Waals surface area contributed by atoms with Crippen molar-refractivity contribution in [2.45, 2.75) is 32.2 Å². The van der Waals surface area contributed by atoms with Crippen LogP contribution >= 0.6 is 0 Å². The maximum Gasteiger partial charge on any atom is 0.252 e. The average Bonchev–Trinajstić information content (AvgIpc) is 2.92. The van der Waals surface area contributed by atoms with E-state index in [-0.39, 0.29) is 17.9 Å². The number of aromatic nitrogens is 1. The number of hydrogen-bond donors (Lipinski definition) is 1. The molecule has 0 radical (unpaired) electrons. The van der Waals surface area contributed by atoms with Crippen LogP contribution in [0.1, 0.15) is 52.9 Å². The summed E-state index contributed by atoms with van der Waals surface area (Å²) in [6.45, 7) is 4.44. The first-order valence-corrected chi connectivity index (χ1v) is 12.8. The third-order valence-corrected chi connectivity index (χ3v) is 6.59. The predicted octanol–water partition coefficient (Wildman–Crippen LogP) is 4.29. The number of hydrogen-bond acceptors (Lipinski definition) is 6. The van der Waals surface area contributed by atoms with Crippen molar-refractivity contribution in [3.8, 4) is 17.2 Å². The van der Waals surface area contributed by atoms with Gasteiger partial charge in [-0.05, 0) is 66.8 Å². The largest absolute Gasteiger partial charge is 0.494 e. The van der Waals surface area contributed by atoms with Crippen LogP contribution in [0.5, 0.6) is 17.2 Å². The molecular weight excluding hydrogens is 470 g/mol. The molecule has 3 aliphatic heterocycles. The first kappa shape index (κ1) is 24.8. The van der Waals surface area contributed by atoms with E-state index in [0.29, 0.717) is 69.2 Å². The molecule has 37 heavy (non-hydrogen) atoms. The molecule has 0 fully saturated rings. The summed E-state index contributed by atoms with van der Waals surface area (Å²) in [5, 5.41) is 2.90. The Balaban J connectivity index is 1.53. The van der Waals surface area contributed by atoms with Crippen molar-refractivity contribution in [3.05, 3.63) is 83.2 Å². The van der Waals surface area contributed by atoms with Gasteiger partial charge in [-0.2, -0.15) is 0 Å². The molecular formula is C29H31N3O5. The average molecular weight is 502 g/mol. The highest BCUT2D eigenvalue weighted by atomic mass is 16.5. The fourth-order valence-corrected chi connectivity index (χ4v) is 4.82. The zero-order valence-corrected chi connectivity index (χ0v) is 20.9. The summed E-state index contributed by atoms with van der Waals surface area (Å²) in [5.41, 5.74) is 3.60. The van der Waals surface area contributed by atoms with Crippen molar-refractivity contribution in [2.75, 3.05) is 32.9 Å². The molecule has 1 aromatic heterocycles. The monoisotopic (exact) mass is 501 g/mol. The van der Waals surface area contributed by atoms with Crippen molar-refractivity contribution in [1.82, 2.24) is 15.2 Å². The number of fused-ring (bicyclic) bond motifs is 6. The predicted molar refractivity (Wildman–Crippen MR) is 138 cm³/mol. The quantitative estimate of drug-likeness (QED) is 0.537. The Morgan fingerprint density at radius 3 is 2.95 bits per heavy atom. The summed E-state index contributed by atoms with van der Waals surface area (Å²) in [5.74, 6) is 1.74. The number of pyridine rings is 1. The first-order valence-electron chi connectivity index (χ1n) is 12.8. The zero-order chi connectivity index (χ0) is 25.6. The Kier molecular flexibility index (Phi) is 7.65. The van der Waals surface area contributed by atoms with E-state index in [1.54, 1.807) is 12.3 Å². The van der Waals surface area contributed by atoms with Gasteiger partial charge in [-0.25, -0.2) is 0 Å². The third kappa shape index (κ3) is 5.75. The molecule has 1 N–H and O–H groups in total. The highest BCUT2D eigenvalue weighted by Gasteiger charge is 2.32. The van der Waals surface area contributed by atoms with Crippen molar-refractivity contribution in [2.24, 2.45) is 0 Å².